The van der Waals surface area contributed by atoms with E-state index in [1.807, 2.05) is 20.0 Å². The molecule has 0 bridgehead atoms. The van der Waals surface area contributed by atoms with Crippen LogP contribution in [0.2, 0.25) is 0 Å². The van der Waals surface area contributed by atoms with Crippen molar-refractivity contribution in [2.45, 2.75) is 39.3 Å². The van der Waals surface area contributed by atoms with E-state index >= 15 is 0 Å². The van der Waals surface area contributed by atoms with Gasteiger partial charge in [0.1, 0.15) is 0 Å². The summed E-state index contributed by atoms with van der Waals surface area (Å²) in [7, 11) is 0. The fourth-order valence-corrected chi connectivity index (χ4v) is 3.01. The maximum atomic E-state index is 11.5. The lowest BCUT2D eigenvalue weighted by atomic mass is 9.81. The average molecular weight is 286 g/mol. The number of benzene rings is 1. The van der Waals surface area contributed by atoms with E-state index < -0.39 is 11.4 Å². The number of fused-ring (bicyclic) bond motifs is 1. The van der Waals surface area contributed by atoms with Crippen molar-refractivity contribution in [2.75, 3.05) is 0 Å². The van der Waals surface area contributed by atoms with Crippen LogP contribution in [-0.2, 0) is 11.3 Å². The first-order chi connectivity index (χ1) is 9.98. The molecule has 4 nitrogen and oxygen atoms in total. The summed E-state index contributed by atoms with van der Waals surface area (Å²) in [5, 5.41) is 14.1. The topological polar surface area (TPSA) is 65.1 Å². The lowest BCUT2D eigenvalue weighted by Gasteiger charge is -2.31. The van der Waals surface area contributed by atoms with Crippen molar-refractivity contribution in [1.29, 1.82) is 0 Å². The highest BCUT2D eigenvalue weighted by Crippen LogP contribution is 2.40. The number of nitrogens with one attached hydrogen (secondary N) is 2. The monoisotopic (exact) mass is 286 g/mol. The number of carbonyl (C=O) groups is 1. The molecule has 0 aliphatic heterocycles. The van der Waals surface area contributed by atoms with E-state index in [9.17, 15) is 9.90 Å². The molecule has 2 aromatic rings. The summed E-state index contributed by atoms with van der Waals surface area (Å²) in [6, 6.07) is 8.39. The Balaban J connectivity index is 1.73. The van der Waals surface area contributed by atoms with Gasteiger partial charge in [0.15, 0.2) is 0 Å². The summed E-state index contributed by atoms with van der Waals surface area (Å²) in [4.78, 5) is 14.7. The van der Waals surface area contributed by atoms with Crippen molar-refractivity contribution in [3.05, 3.63) is 36.0 Å². The van der Waals surface area contributed by atoms with Crippen LogP contribution in [0.25, 0.3) is 10.9 Å². The summed E-state index contributed by atoms with van der Waals surface area (Å²) in [6.45, 7) is 4.35. The molecule has 0 saturated heterocycles. The molecule has 1 aliphatic carbocycles. The molecule has 1 saturated carbocycles. The molecule has 1 aliphatic rings. The molecular formula is C17H22N2O2. The van der Waals surface area contributed by atoms with Gasteiger partial charge in [0.2, 0.25) is 0 Å². The molecule has 1 unspecified atom stereocenters. The molecule has 1 fully saturated rings. The van der Waals surface area contributed by atoms with Gasteiger partial charge < -0.3 is 15.4 Å². The van der Waals surface area contributed by atoms with E-state index in [1.165, 1.54) is 10.9 Å². The normalized spacial score (nSPS) is 17.0. The maximum absolute atomic E-state index is 11.5. The predicted octanol–water partition coefficient (Wildman–Crippen LogP) is 3.15. The molecular weight excluding hydrogens is 264 g/mol. The van der Waals surface area contributed by atoms with E-state index in [2.05, 4.69) is 34.6 Å². The smallest absolute Gasteiger partial charge is 0.310 e. The second kappa shape index (κ2) is 5.19. The highest BCUT2D eigenvalue weighted by molar-refractivity contribution is 5.79. The van der Waals surface area contributed by atoms with Crippen molar-refractivity contribution < 1.29 is 9.90 Å². The number of H-pyrrole nitrogens is 1. The lowest BCUT2D eigenvalue weighted by molar-refractivity contribution is -0.149. The maximum Gasteiger partial charge on any atom is 0.310 e. The van der Waals surface area contributed by atoms with Crippen LogP contribution < -0.4 is 5.32 Å². The molecule has 3 rings (SSSR count). The number of carboxylic acid groups (broad SMARTS) is 1. The molecule has 1 aromatic heterocycles. The summed E-state index contributed by atoms with van der Waals surface area (Å²) in [5.74, 6) is -0.236. The quantitative estimate of drug-likeness (QED) is 0.764. The standard InChI is InChI=1S/C17H22N2O2/c1-17(2,16(20)21)15(12-4-5-12)19-10-11-3-6-14-13(9-11)7-8-18-14/h3,6-9,12,15,18-19H,4-5,10H2,1-2H3,(H,20,21). The predicted molar refractivity (Wildman–Crippen MR) is 83.1 cm³/mol. The highest BCUT2D eigenvalue weighted by atomic mass is 16.4. The number of carboxylic acids is 1. The van der Waals surface area contributed by atoms with Crippen molar-refractivity contribution in [3.63, 3.8) is 0 Å². The fraction of sp³-hybridized carbons (Fsp3) is 0.471. The van der Waals surface area contributed by atoms with Gasteiger partial charge in [0.05, 0.1) is 5.41 Å². The minimum atomic E-state index is -0.737. The van der Waals surface area contributed by atoms with Gasteiger partial charge in [-0.3, -0.25) is 4.79 Å². The summed E-state index contributed by atoms with van der Waals surface area (Å²) < 4.78 is 0. The molecule has 112 valence electrons. The molecule has 0 radical (unpaired) electrons. The molecule has 0 amide bonds. The third kappa shape index (κ3) is 2.81. The fourth-order valence-electron chi connectivity index (χ4n) is 3.01. The molecule has 4 heteroatoms. The first kappa shape index (κ1) is 14.1. The SMILES string of the molecule is CC(C)(C(=O)O)C(NCc1ccc2[nH]ccc2c1)C1CC1. The average Bonchev–Trinajstić information content (AvgIpc) is 3.15. The Kier molecular flexibility index (Phi) is 3.49. The molecule has 3 N–H and O–H groups in total. The Morgan fingerprint density at radius 2 is 2.19 bits per heavy atom. The molecule has 1 heterocycles. The Bertz CT molecular complexity index is 656. The second-order valence-electron chi connectivity index (χ2n) is 6.62. The molecule has 1 aromatic carbocycles. The highest BCUT2D eigenvalue weighted by Gasteiger charge is 2.45. The summed E-state index contributed by atoms with van der Waals surface area (Å²) in [5.41, 5.74) is 1.58. The van der Waals surface area contributed by atoms with Crippen LogP contribution in [0.1, 0.15) is 32.3 Å². The van der Waals surface area contributed by atoms with Crippen molar-refractivity contribution in [2.24, 2.45) is 11.3 Å². The van der Waals surface area contributed by atoms with E-state index in [1.54, 1.807) is 0 Å². The third-order valence-electron chi connectivity index (χ3n) is 4.57. The zero-order valence-corrected chi connectivity index (χ0v) is 12.5. The summed E-state index contributed by atoms with van der Waals surface area (Å²) in [6.07, 6.45) is 4.19. The molecule has 1 atom stereocenters. The van der Waals surface area contributed by atoms with Gasteiger partial charge in [-0.2, -0.15) is 0 Å². The number of hydrogen-bond donors (Lipinski definition) is 3. The lowest BCUT2D eigenvalue weighted by Crippen LogP contribution is -2.47. The van der Waals surface area contributed by atoms with Crippen LogP contribution in [0.3, 0.4) is 0 Å². The number of aromatic nitrogens is 1. The van der Waals surface area contributed by atoms with Gasteiger partial charge in [0.25, 0.3) is 0 Å². The van der Waals surface area contributed by atoms with Crippen molar-refractivity contribution in [1.82, 2.24) is 10.3 Å². The van der Waals surface area contributed by atoms with Crippen LogP contribution in [0.5, 0.6) is 0 Å². The first-order valence-electron chi connectivity index (χ1n) is 7.51. The largest absolute Gasteiger partial charge is 0.481 e. The minimum absolute atomic E-state index is 0.0249. The van der Waals surface area contributed by atoms with E-state index in [0.717, 1.165) is 18.4 Å². The van der Waals surface area contributed by atoms with Crippen LogP contribution in [0.4, 0.5) is 0 Å². The zero-order chi connectivity index (χ0) is 15.0. The summed E-state index contributed by atoms with van der Waals surface area (Å²) >= 11 is 0. The van der Waals surface area contributed by atoms with Gasteiger partial charge in [-0.15, -0.1) is 0 Å². The Morgan fingerprint density at radius 1 is 1.43 bits per heavy atom. The van der Waals surface area contributed by atoms with Crippen LogP contribution >= 0.6 is 0 Å². The Hall–Kier alpha value is -1.81. The van der Waals surface area contributed by atoms with Crippen LogP contribution in [0.15, 0.2) is 30.5 Å². The van der Waals surface area contributed by atoms with Gasteiger partial charge in [0, 0.05) is 24.3 Å². The zero-order valence-electron chi connectivity index (χ0n) is 12.5. The first-order valence-corrected chi connectivity index (χ1v) is 7.51. The number of rotatable bonds is 6. The van der Waals surface area contributed by atoms with Crippen LogP contribution in [0, 0.1) is 11.3 Å². The van der Waals surface area contributed by atoms with Crippen molar-refractivity contribution >= 4 is 16.9 Å². The second-order valence-corrected chi connectivity index (χ2v) is 6.62. The van der Waals surface area contributed by atoms with E-state index in [0.29, 0.717) is 12.5 Å². The molecule has 0 spiro atoms. The van der Waals surface area contributed by atoms with Gasteiger partial charge >= 0.3 is 5.97 Å². The Morgan fingerprint density at radius 3 is 2.86 bits per heavy atom. The minimum Gasteiger partial charge on any atom is -0.481 e. The number of aliphatic carboxylic acids is 1. The molecule has 21 heavy (non-hydrogen) atoms. The number of hydrogen-bond acceptors (Lipinski definition) is 2. The van der Waals surface area contributed by atoms with Gasteiger partial charge in [-0.25, -0.2) is 0 Å². The van der Waals surface area contributed by atoms with E-state index in [-0.39, 0.29) is 6.04 Å². The number of aromatic amines is 1. The van der Waals surface area contributed by atoms with Crippen LogP contribution in [-0.4, -0.2) is 22.1 Å². The van der Waals surface area contributed by atoms with Gasteiger partial charge in [-0.1, -0.05) is 6.07 Å². The van der Waals surface area contributed by atoms with Crippen molar-refractivity contribution in [3.8, 4) is 0 Å². The van der Waals surface area contributed by atoms with E-state index in [4.69, 9.17) is 0 Å². The van der Waals surface area contributed by atoms with Gasteiger partial charge in [-0.05, 0) is 61.8 Å². The Labute approximate surface area is 124 Å². The third-order valence-corrected chi connectivity index (χ3v) is 4.57.